The number of halogens is 1. The molecule has 2 aromatic rings. The third-order valence-electron chi connectivity index (χ3n) is 1.84. The summed E-state index contributed by atoms with van der Waals surface area (Å²) in [6.07, 6.45) is 0. The van der Waals surface area contributed by atoms with Crippen molar-refractivity contribution in [3.8, 4) is 0 Å². The van der Waals surface area contributed by atoms with Gasteiger partial charge in [0.25, 0.3) is 0 Å². The smallest absolute Gasteiger partial charge is 0.0619 e. The molecule has 0 saturated carbocycles. The predicted molar refractivity (Wildman–Crippen MR) is 70.9 cm³/mol. The van der Waals surface area contributed by atoms with Crippen molar-refractivity contribution in [2.75, 3.05) is 0 Å². The van der Waals surface area contributed by atoms with Crippen LogP contribution in [0.2, 0.25) is 0 Å². The molecule has 0 amide bonds. The summed E-state index contributed by atoms with van der Waals surface area (Å²) in [5, 5.41) is 0. The van der Waals surface area contributed by atoms with E-state index in [2.05, 4.69) is 71.1 Å². The second kappa shape index (κ2) is 4.84. The first-order valence-electron chi connectivity index (χ1n) is 4.37. The van der Waals surface area contributed by atoms with Crippen LogP contribution >= 0.6 is 22.6 Å². The molecule has 0 bridgehead atoms. The summed E-state index contributed by atoms with van der Waals surface area (Å²) < 4.78 is 1.29. The lowest BCUT2D eigenvalue weighted by Crippen LogP contribution is -1.83. The molecule has 0 aromatic heterocycles. The van der Waals surface area contributed by atoms with E-state index in [0.29, 0.717) is 0 Å². The van der Waals surface area contributed by atoms with E-state index in [-0.39, 0.29) is 0 Å². The van der Waals surface area contributed by atoms with Gasteiger partial charge >= 0.3 is 0 Å². The molecule has 0 spiro atoms. The molecule has 0 N–H and O–H groups in total. The Morgan fingerprint density at radius 2 is 1.29 bits per heavy atom. The molecular weight excluding hydrogens is 303 g/mol. The fourth-order valence-corrected chi connectivity index (χ4v) is 2.44. The third kappa shape index (κ3) is 2.75. The summed E-state index contributed by atoms with van der Waals surface area (Å²) in [4.78, 5) is 2.69. The van der Waals surface area contributed by atoms with Gasteiger partial charge in [-0.3, -0.25) is 0 Å². The van der Waals surface area contributed by atoms with Crippen LogP contribution in [0.25, 0.3) is 0 Å². The van der Waals surface area contributed by atoms with E-state index in [9.17, 15) is 0 Å². The Kier molecular flexibility index (Phi) is 3.48. The minimum Gasteiger partial charge on any atom is -0.0619 e. The number of thiol groups is 1. The first kappa shape index (κ1) is 10.1. The van der Waals surface area contributed by atoms with Crippen molar-refractivity contribution >= 4 is 34.4 Å². The molecular formula is C12H10IS+. The maximum atomic E-state index is 2.32. The lowest BCUT2D eigenvalue weighted by atomic mass is 10.4. The number of rotatable bonds is 2. The molecule has 0 atom stereocenters. The van der Waals surface area contributed by atoms with Crippen molar-refractivity contribution in [2.24, 2.45) is 0 Å². The highest BCUT2D eigenvalue weighted by molar-refractivity contribution is 14.1. The van der Waals surface area contributed by atoms with Gasteiger partial charge in [0.2, 0.25) is 0 Å². The molecule has 2 aromatic carbocycles. The number of hydrogen-bond donors (Lipinski definition) is 0. The Bertz CT molecular complexity index is 394. The Labute approximate surface area is 102 Å². The molecule has 0 aliphatic heterocycles. The van der Waals surface area contributed by atoms with Crippen LogP contribution in [0.1, 0.15) is 0 Å². The molecule has 0 saturated heterocycles. The second-order valence-electron chi connectivity index (χ2n) is 2.92. The monoisotopic (exact) mass is 313 g/mol. The summed E-state index contributed by atoms with van der Waals surface area (Å²) in [5.74, 6) is 0. The highest BCUT2D eigenvalue weighted by Gasteiger charge is 2.04. The van der Waals surface area contributed by atoms with Crippen molar-refractivity contribution in [1.29, 1.82) is 0 Å². The quantitative estimate of drug-likeness (QED) is 0.452. The van der Waals surface area contributed by atoms with Crippen molar-refractivity contribution < 1.29 is 0 Å². The van der Waals surface area contributed by atoms with E-state index in [1.807, 2.05) is 6.07 Å². The van der Waals surface area contributed by atoms with Gasteiger partial charge in [-0.05, 0) is 59.0 Å². The average molecular weight is 313 g/mol. The molecule has 0 radical (unpaired) electrons. The Morgan fingerprint density at radius 1 is 0.714 bits per heavy atom. The molecule has 70 valence electrons. The summed E-state index contributed by atoms with van der Waals surface area (Å²) in [6, 6.07) is 19.2. The van der Waals surface area contributed by atoms with Gasteiger partial charge in [0.05, 0.1) is 0 Å². The topological polar surface area (TPSA) is 0 Å². The highest BCUT2D eigenvalue weighted by Crippen LogP contribution is 2.13. The van der Waals surface area contributed by atoms with E-state index in [4.69, 9.17) is 0 Å². The van der Waals surface area contributed by atoms with Gasteiger partial charge in [-0.2, -0.15) is 0 Å². The standard InChI is InChI=1S/C12H9IS/c13-10-6-8-12(9-7-10)14-11-4-2-1-3-5-11/h1-9H/p+1. The third-order valence-corrected chi connectivity index (χ3v) is 3.67. The second-order valence-corrected chi connectivity index (χ2v) is 5.43. The van der Waals surface area contributed by atoms with Crippen LogP contribution in [-0.2, 0) is 11.8 Å². The van der Waals surface area contributed by atoms with Crippen molar-refractivity contribution in [2.45, 2.75) is 9.79 Å². The SMILES string of the molecule is Ic1ccc([SH+]c2ccccc2)cc1. The van der Waals surface area contributed by atoms with Crippen LogP contribution in [0.5, 0.6) is 0 Å². The Balaban J connectivity index is 2.16. The fourth-order valence-electron chi connectivity index (χ4n) is 1.17. The largest absolute Gasteiger partial charge is 0.158 e. The molecule has 0 nitrogen and oxygen atoms in total. The summed E-state index contributed by atoms with van der Waals surface area (Å²) >= 11 is 3.61. The van der Waals surface area contributed by atoms with Crippen molar-refractivity contribution in [1.82, 2.24) is 0 Å². The molecule has 0 aliphatic rings. The van der Waals surface area contributed by atoms with E-state index in [0.717, 1.165) is 0 Å². The lowest BCUT2D eigenvalue weighted by Gasteiger charge is -1.92. The Morgan fingerprint density at radius 3 is 1.93 bits per heavy atom. The van der Waals surface area contributed by atoms with Crippen LogP contribution < -0.4 is 0 Å². The molecule has 2 rings (SSSR count). The van der Waals surface area contributed by atoms with Gasteiger partial charge < -0.3 is 0 Å². The maximum Gasteiger partial charge on any atom is 0.158 e. The summed E-state index contributed by atoms with van der Waals surface area (Å²) in [7, 11) is 0. The van der Waals surface area contributed by atoms with Gasteiger partial charge in [-0.15, -0.1) is 0 Å². The first-order valence-corrected chi connectivity index (χ1v) is 6.34. The lowest BCUT2D eigenvalue weighted by molar-refractivity contribution is 1.39. The van der Waals surface area contributed by atoms with E-state index in [1.54, 1.807) is 0 Å². The van der Waals surface area contributed by atoms with Gasteiger partial charge in [-0.25, -0.2) is 0 Å². The van der Waals surface area contributed by atoms with Crippen molar-refractivity contribution in [3.05, 3.63) is 58.2 Å². The molecule has 14 heavy (non-hydrogen) atoms. The van der Waals surface area contributed by atoms with E-state index >= 15 is 0 Å². The predicted octanol–water partition coefficient (Wildman–Crippen LogP) is 3.52. The van der Waals surface area contributed by atoms with Gasteiger partial charge in [0.1, 0.15) is 0 Å². The van der Waals surface area contributed by atoms with Crippen LogP contribution in [0, 0.1) is 3.57 Å². The van der Waals surface area contributed by atoms with Crippen molar-refractivity contribution in [3.63, 3.8) is 0 Å². The number of hydrogen-bond acceptors (Lipinski definition) is 0. The zero-order chi connectivity index (χ0) is 9.80. The van der Waals surface area contributed by atoms with Crippen LogP contribution in [0.3, 0.4) is 0 Å². The summed E-state index contributed by atoms with van der Waals surface area (Å²) in [6.45, 7) is 0. The minimum atomic E-state index is 1.28. The van der Waals surface area contributed by atoms with Gasteiger partial charge in [0.15, 0.2) is 9.79 Å². The average Bonchev–Trinajstić information content (AvgIpc) is 2.23. The normalized spacial score (nSPS) is 10.1. The zero-order valence-electron chi connectivity index (χ0n) is 7.52. The number of benzene rings is 2. The van der Waals surface area contributed by atoms with E-state index in [1.165, 1.54) is 25.1 Å². The van der Waals surface area contributed by atoms with Gasteiger partial charge in [-0.1, -0.05) is 18.2 Å². The molecule has 0 unspecified atom stereocenters. The zero-order valence-corrected chi connectivity index (χ0v) is 10.6. The maximum absolute atomic E-state index is 2.32. The first-order chi connectivity index (χ1) is 6.84. The summed E-state index contributed by atoms with van der Waals surface area (Å²) in [5.41, 5.74) is 0. The van der Waals surface area contributed by atoms with Crippen LogP contribution in [0.15, 0.2) is 64.4 Å². The van der Waals surface area contributed by atoms with Crippen LogP contribution in [0.4, 0.5) is 0 Å². The molecule has 0 fully saturated rings. The molecule has 0 heterocycles. The van der Waals surface area contributed by atoms with Crippen LogP contribution in [-0.4, -0.2) is 0 Å². The fraction of sp³-hybridized carbons (Fsp3) is 0. The van der Waals surface area contributed by atoms with Gasteiger partial charge in [0, 0.05) is 15.3 Å². The molecule has 2 heteroatoms. The van der Waals surface area contributed by atoms with E-state index < -0.39 is 0 Å². The highest BCUT2D eigenvalue weighted by atomic mass is 127. The molecule has 0 aliphatic carbocycles. The Hall–Kier alpha value is -0.480. The minimum absolute atomic E-state index is 1.28.